The minimum Gasteiger partial charge on any atom is -0.497 e. The Morgan fingerprint density at radius 3 is 2.85 bits per heavy atom. The predicted molar refractivity (Wildman–Crippen MR) is 80.2 cm³/mol. The van der Waals surface area contributed by atoms with Crippen molar-refractivity contribution >= 4 is 15.9 Å². The monoisotopic (exact) mass is 337 g/mol. The summed E-state index contributed by atoms with van der Waals surface area (Å²) in [6, 6.07) is 5.49. The standard InChI is InChI=1S/C14H16BrN3O2/c1-3-16-7-10-8-17-9-14(18-10)20-13-5-4-11(19-2)6-12(13)15/h4-6,8-9,16H,3,7H2,1-2H3. The first kappa shape index (κ1) is 14.7. The van der Waals surface area contributed by atoms with Crippen LogP contribution < -0.4 is 14.8 Å². The van der Waals surface area contributed by atoms with Crippen LogP contribution >= 0.6 is 15.9 Å². The van der Waals surface area contributed by atoms with Crippen molar-refractivity contribution in [3.63, 3.8) is 0 Å². The summed E-state index contributed by atoms with van der Waals surface area (Å²) in [5, 5.41) is 3.20. The molecule has 2 aromatic rings. The lowest BCUT2D eigenvalue weighted by Gasteiger charge is -2.09. The van der Waals surface area contributed by atoms with Crippen LogP contribution in [0.3, 0.4) is 0 Å². The van der Waals surface area contributed by atoms with Crippen LogP contribution in [0.25, 0.3) is 0 Å². The highest BCUT2D eigenvalue weighted by Gasteiger charge is 2.06. The van der Waals surface area contributed by atoms with Gasteiger partial charge in [-0.05, 0) is 40.7 Å². The Bertz CT molecular complexity index is 578. The van der Waals surface area contributed by atoms with Gasteiger partial charge in [-0.25, -0.2) is 4.98 Å². The van der Waals surface area contributed by atoms with E-state index in [1.54, 1.807) is 19.5 Å². The number of hydrogen-bond acceptors (Lipinski definition) is 5. The lowest BCUT2D eigenvalue weighted by Crippen LogP contribution is -2.13. The summed E-state index contributed by atoms with van der Waals surface area (Å²) in [7, 11) is 1.62. The number of ether oxygens (including phenoxy) is 2. The molecule has 0 unspecified atom stereocenters. The summed E-state index contributed by atoms with van der Waals surface area (Å²) in [6.45, 7) is 3.60. The minimum atomic E-state index is 0.464. The maximum Gasteiger partial charge on any atom is 0.238 e. The van der Waals surface area contributed by atoms with E-state index in [2.05, 4.69) is 31.2 Å². The molecule has 20 heavy (non-hydrogen) atoms. The first-order chi connectivity index (χ1) is 9.72. The molecule has 0 amide bonds. The van der Waals surface area contributed by atoms with Crippen molar-refractivity contribution in [1.29, 1.82) is 0 Å². The van der Waals surface area contributed by atoms with Gasteiger partial charge in [0.25, 0.3) is 0 Å². The van der Waals surface area contributed by atoms with Gasteiger partial charge in [0.2, 0.25) is 5.88 Å². The number of rotatable bonds is 6. The second-order valence-electron chi connectivity index (χ2n) is 4.03. The third kappa shape index (κ3) is 3.91. The van der Waals surface area contributed by atoms with Gasteiger partial charge in [-0.3, -0.25) is 4.98 Å². The molecule has 5 nitrogen and oxygen atoms in total. The second kappa shape index (κ2) is 7.21. The van der Waals surface area contributed by atoms with E-state index in [1.807, 2.05) is 25.1 Å². The van der Waals surface area contributed by atoms with Crippen LogP contribution in [0.15, 0.2) is 35.1 Å². The van der Waals surface area contributed by atoms with Crippen molar-refractivity contribution in [1.82, 2.24) is 15.3 Å². The molecule has 0 saturated carbocycles. The molecule has 0 spiro atoms. The van der Waals surface area contributed by atoms with Crippen LogP contribution in [-0.2, 0) is 6.54 Å². The first-order valence-corrected chi connectivity index (χ1v) is 7.05. The van der Waals surface area contributed by atoms with Crippen LogP contribution in [0.4, 0.5) is 0 Å². The average Bonchev–Trinajstić information content (AvgIpc) is 2.47. The number of nitrogens with zero attached hydrogens (tertiary/aromatic N) is 2. The molecule has 1 heterocycles. The highest BCUT2D eigenvalue weighted by Crippen LogP contribution is 2.31. The molecule has 0 atom stereocenters. The summed E-state index contributed by atoms with van der Waals surface area (Å²) in [6.07, 6.45) is 3.31. The first-order valence-electron chi connectivity index (χ1n) is 6.26. The number of methoxy groups -OCH3 is 1. The summed E-state index contributed by atoms with van der Waals surface area (Å²) < 4.78 is 11.7. The fourth-order valence-corrected chi connectivity index (χ4v) is 2.02. The van der Waals surface area contributed by atoms with Crippen molar-refractivity contribution < 1.29 is 9.47 Å². The van der Waals surface area contributed by atoms with E-state index < -0.39 is 0 Å². The number of hydrogen-bond donors (Lipinski definition) is 1. The SMILES string of the molecule is CCNCc1cncc(Oc2ccc(OC)cc2Br)n1. The molecule has 0 aliphatic rings. The molecule has 0 aliphatic heterocycles. The van der Waals surface area contributed by atoms with Crippen molar-refractivity contribution in [2.45, 2.75) is 13.5 Å². The smallest absolute Gasteiger partial charge is 0.238 e. The molecular weight excluding hydrogens is 322 g/mol. The van der Waals surface area contributed by atoms with Crippen LogP contribution in [0.2, 0.25) is 0 Å². The Morgan fingerprint density at radius 2 is 2.15 bits per heavy atom. The quantitative estimate of drug-likeness (QED) is 0.877. The normalized spacial score (nSPS) is 10.3. The van der Waals surface area contributed by atoms with Gasteiger partial charge >= 0.3 is 0 Å². The van der Waals surface area contributed by atoms with E-state index in [0.717, 1.165) is 22.5 Å². The van der Waals surface area contributed by atoms with Crippen molar-refractivity contribution in [2.24, 2.45) is 0 Å². The Hall–Kier alpha value is -1.66. The van der Waals surface area contributed by atoms with E-state index in [0.29, 0.717) is 18.2 Å². The summed E-state index contributed by atoms with van der Waals surface area (Å²) in [5.41, 5.74) is 0.842. The number of aromatic nitrogens is 2. The van der Waals surface area contributed by atoms with E-state index >= 15 is 0 Å². The molecule has 6 heteroatoms. The third-order valence-corrected chi connectivity index (χ3v) is 3.19. The van der Waals surface area contributed by atoms with Gasteiger partial charge in [0.1, 0.15) is 11.5 Å². The molecule has 0 saturated heterocycles. The van der Waals surface area contributed by atoms with Gasteiger partial charge < -0.3 is 14.8 Å². The molecule has 1 aromatic heterocycles. The zero-order chi connectivity index (χ0) is 14.4. The van der Waals surface area contributed by atoms with Gasteiger partial charge in [0.05, 0.1) is 23.5 Å². The molecule has 0 radical (unpaired) electrons. The molecular formula is C14H16BrN3O2. The van der Waals surface area contributed by atoms with Gasteiger partial charge in [0, 0.05) is 12.7 Å². The topological polar surface area (TPSA) is 56.3 Å². The van der Waals surface area contributed by atoms with E-state index in [4.69, 9.17) is 9.47 Å². The minimum absolute atomic E-state index is 0.464. The summed E-state index contributed by atoms with van der Waals surface area (Å²) in [5.74, 6) is 1.89. The Morgan fingerprint density at radius 1 is 1.30 bits per heavy atom. The Balaban J connectivity index is 2.13. The number of nitrogens with one attached hydrogen (secondary N) is 1. The molecule has 2 rings (SSSR count). The fraction of sp³-hybridized carbons (Fsp3) is 0.286. The Labute approximate surface area is 126 Å². The lowest BCUT2D eigenvalue weighted by molar-refractivity contribution is 0.411. The lowest BCUT2D eigenvalue weighted by atomic mass is 10.3. The van der Waals surface area contributed by atoms with Gasteiger partial charge in [-0.2, -0.15) is 0 Å². The molecule has 1 aromatic carbocycles. The van der Waals surface area contributed by atoms with E-state index in [9.17, 15) is 0 Å². The van der Waals surface area contributed by atoms with Crippen LogP contribution in [0.5, 0.6) is 17.4 Å². The van der Waals surface area contributed by atoms with Crippen molar-refractivity contribution in [3.8, 4) is 17.4 Å². The van der Waals surface area contributed by atoms with Gasteiger partial charge in [-0.15, -0.1) is 0 Å². The molecule has 1 N–H and O–H groups in total. The number of benzene rings is 1. The molecule has 0 fully saturated rings. The highest BCUT2D eigenvalue weighted by atomic mass is 79.9. The summed E-state index contributed by atoms with van der Waals surface area (Å²) >= 11 is 3.44. The second-order valence-corrected chi connectivity index (χ2v) is 4.88. The van der Waals surface area contributed by atoms with Crippen molar-refractivity contribution in [2.75, 3.05) is 13.7 Å². The van der Waals surface area contributed by atoms with Gasteiger partial charge in [0.15, 0.2) is 0 Å². The zero-order valence-electron chi connectivity index (χ0n) is 11.4. The van der Waals surface area contributed by atoms with Crippen LogP contribution in [0.1, 0.15) is 12.6 Å². The average molecular weight is 338 g/mol. The van der Waals surface area contributed by atoms with E-state index in [-0.39, 0.29) is 0 Å². The molecule has 106 valence electrons. The largest absolute Gasteiger partial charge is 0.497 e. The maximum atomic E-state index is 5.73. The van der Waals surface area contributed by atoms with Crippen LogP contribution in [0, 0.1) is 0 Å². The Kier molecular flexibility index (Phi) is 5.31. The van der Waals surface area contributed by atoms with Crippen LogP contribution in [-0.4, -0.2) is 23.6 Å². The van der Waals surface area contributed by atoms with E-state index in [1.165, 1.54) is 0 Å². The van der Waals surface area contributed by atoms with Crippen molar-refractivity contribution in [3.05, 3.63) is 40.8 Å². The molecule has 0 bridgehead atoms. The fourth-order valence-electron chi connectivity index (χ4n) is 1.58. The number of halogens is 1. The van der Waals surface area contributed by atoms with Gasteiger partial charge in [-0.1, -0.05) is 6.92 Å². The highest BCUT2D eigenvalue weighted by molar-refractivity contribution is 9.10. The predicted octanol–water partition coefficient (Wildman–Crippen LogP) is 3.15. The summed E-state index contributed by atoms with van der Waals surface area (Å²) in [4.78, 5) is 8.52. The maximum absolute atomic E-state index is 5.73. The zero-order valence-corrected chi connectivity index (χ0v) is 13.0. The molecule has 0 aliphatic carbocycles. The third-order valence-electron chi connectivity index (χ3n) is 2.57.